The zero-order valence-electron chi connectivity index (χ0n) is 12.6. The standard InChI is InChI=1S/C14H17Cl2N3O5/c15-10-2-1-3-11(16)9(10)4-12(21)23-6-8(20)7-24-13(22)5-19-14(17)18/h1-3,8,20H,4-7H2,(H4,17,18,19). The highest BCUT2D eigenvalue weighted by Gasteiger charge is 2.15. The highest BCUT2D eigenvalue weighted by Crippen LogP contribution is 2.24. The van der Waals surface area contributed by atoms with Crippen LogP contribution in [0.4, 0.5) is 0 Å². The normalized spacial score (nSPS) is 11.5. The summed E-state index contributed by atoms with van der Waals surface area (Å²) in [4.78, 5) is 23.0. The molecule has 0 aliphatic rings. The Morgan fingerprint density at radius 3 is 2.29 bits per heavy atom. The molecule has 0 spiro atoms. The highest BCUT2D eigenvalue weighted by atomic mass is 35.5. The van der Waals surface area contributed by atoms with E-state index >= 15 is 0 Å². The molecule has 132 valence electrons. The first-order valence-electron chi connectivity index (χ1n) is 6.79. The predicted octanol–water partition coefficient (Wildman–Crippen LogP) is 0.466. The Morgan fingerprint density at radius 2 is 1.75 bits per heavy atom. The largest absolute Gasteiger partial charge is 0.463 e. The van der Waals surface area contributed by atoms with E-state index in [0.717, 1.165) is 0 Å². The van der Waals surface area contributed by atoms with Crippen LogP contribution < -0.4 is 11.1 Å². The van der Waals surface area contributed by atoms with Crippen LogP contribution in [0, 0.1) is 5.41 Å². The van der Waals surface area contributed by atoms with Gasteiger partial charge in [0.15, 0.2) is 5.96 Å². The van der Waals surface area contributed by atoms with Gasteiger partial charge in [-0.15, -0.1) is 0 Å². The number of aliphatic hydroxyl groups excluding tert-OH is 1. The van der Waals surface area contributed by atoms with E-state index in [0.29, 0.717) is 15.6 Å². The van der Waals surface area contributed by atoms with Crippen LogP contribution in [0.15, 0.2) is 18.2 Å². The summed E-state index contributed by atoms with van der Waals surface area (Å²) in [6, 6.07) is 4.84. The van der Waals surface area contributed by atoms with Gasteiger partial charge in [-0.05, 0) is 12.1 Å². The number of carbonyl (C=O) groups excluding carboxylic acids is 2. The molecule has 8 nitrogen and oxygen atoms in total. The Balaban J connectivity index is 2.31. The molecule has 0 fully saturated rings. The Labute approximate surface area is 148 Å². The molecular formula is C14H17Cl2N3O5. The molecule has 0 aromatic heterocycles. The molecule has 1 rings (SSSR count). The molecule has 0 bridgehead atoms. The van der Waals surface area contributed by atoms with Gasteiger partial charge in [0.25, 0.3) is 0 Å². The smallest absolute Gasteiger partial charge is 0.325 e. The third-order valence-corrected chi connectivity index (χ3v) is 3.39. The first kappa shape index (κ1) is 20.0. The van der Waals surface area contributed by atoms with Crippen LogP contribution in [-0.2, 0) is 25.5 Å². The van der Waals surface area contributed by atoms with Crippen LogP contribution in [0.1, 0.15) is 5.56 Å². The Bertz CT molecular complexity index is 592. The van der Waals surface area contributed by atoms with Gasteiger partial charge >= 0.3 is 11.9 Å². The number of nitrogens with one attached hydrogen (secondary N) is 2. The number of esters is 2. The highest BCUT2D eigenvalue weighted by molar-refractivity contribution is 6.36. The van der Waals surface area contributed by atoms with Gasteiger partial charge in [0.1, 0.15) is 25.9 Å². The summed E-state index contributed by atoms with van der Waals surface area (Å²) in [5.41, 5.74) is 5.43. The topological polar surface area (TPSA) is 135 Å². The molecule has 10 heteroatoms. The maximum Gasteiger partial charge on any atom is 0.325 e. The van der Waals surface area contributed by atoms with Gasteiger partial charge in [-0.2, -0.15) is 0 Å². The van der Waals surface area contributed by atoms with Crippen molar-refractivity contribution < 1.29 is 24.2 Å². The number of nitrogens with two attached hydrogens (primary N) is 1. The van der Waals surface area contributed by atoms with Crippen molar-refractivity contribution in [3.05, 3.63) is 33.8 Å². The molecule has 0 radical (unpaired) electrons. The van der Waals surface area contributed by atoms with Crippen molar-refractivity contribution in [3.8, 4) is 0 Å². The minimum atomic E-state index is -1.18. The van der Waals surface area contributed by atoms with Gasteiger partial charge < -0.3 is 25.6 Å². The summed E-state index contributed by atoms with van der Waals surface area (Å²) in [5, 5.41) is 19.4. The van der Waals surface area contributed by atoms with Crippen molar-refractivity contribution in [2.75, 3.05) is 19.8 Å². The van der Waals surface area contributed by atoms with E-state index in [4.69, 9.17) is 43.8 Å². The van der Waals surface area contributed by atoms with Crippen LogP contribution >= 0.6 is 23.2 Å². The second-order valence-corrected chi connectivity index (χ2v) is 5.48. The monoisotopic (exact) mass is 377 g/mol. The number of halogens is 2. The van der Waals surface area contributed by atoms with E-state index < -0.39 is 18.0 Å². The second kappa shape index (κ2) is 9.96. The molecule has 0 aliphatic heterocycles. The number of hydrogen-bond acceptors (Lipinski definition) is 6. The molecule has 0 heterocycles. The number of ether oxygens (including phenoxy) is 2. The zero-order chi connectivity index (χ0) is 18.1. The average Bonchev–Trinajstić information content (AvgIpc) is 2.52. The van der Waals surface area contributed by atoms with Gasteiger partial charge in [0.2, 0.25) is 0 Å². The first-order valence-corrected chi connectivity index (χ1v) is 7.55. The molecule has 1 aromatic rings. The molecule has 0 saturated heterocycles. The van der Waals surface area contributed by atoms with E-state index in [9.17, 15) is 14.7 Å². The van der Waals surface area contributed by atoms with Crippen molar-refractivity contribution >= 4 is 41.1 Å². The van der Waals surface area contributed by atoms with E-state index in [-0.39, 0.29) is 32.1 Å². The molecule has 0 aliphatic carbocycles. The average molecular weight is 378 g/mol. The molecule has 0 saturated carbocycles. The fourth-order valence-corrected chi connectivity index (χ4v) is 2.07. The van der Waals surface area contributed by atoms with Crippen LogP contribution in [0.25, 0.3) is 0 Å². The minimum absolute atomic E-state index is 0.145. The van der Waals surface area contributed by atoms with Gasteiger partial charge in [0, 0.05) is 15.6 Å². The van der Waals surface area contributed by atoms with Crippen LogP contribution in [0.2, 0.25) is 10.0 Å². The molecule has 1 atom stereocenters. The fourth-order valence-electron chi connectivity index (χ4n) is 1.54. The lowest BCUT2D eigenvalue weighted by Crippen LogP contribution is -2.36. The maximum atomic E-state index is 11.7. The second-order valence-electron chi connectivity index (χ2n) is 4.66. The predicted molar refractivity (Wildman–Crippen MR) is 88.0 cm³/mol. The van der Waals surface area contributed by atoms with Crippen molar-refractivity contribution in [1.29, 1.82) is 5.41 Å². The minimum Gasteiger partial charge on any atom is -0.463 e. The molecule has 1 aromatic carbocycles. The number of aliphatic hydroxyl groups is 1. The third-order valence-electron chi connectivity index (χ3n) is 2.68. The van der Waals surface area contributed by atoms with Crippen molar-refractivity contribution in [3.63, 3.8) is 0 Å². The van der Waals surface area contributed by atoms with Crippen molar-refractivity contribution in [2.24, 2.45) is 5.73 Å². The fraction of sp³-hybridized carbons (Fsp3) is 0.357. The van der Waals surface area contributed by atoms with Crippen molar-refractivity contribution in [1.82, 2.24) is 5.32 Å². The molecule has 0 amide bonds. The number of rotatable bonds is 8. The Kier molecular flexibility index (Phi) is 8.31. The number of carbonyl (C=O) groups is 2. The lowest BCUT2D eigenvalue weighted by atomic mass is 10.1. The number of guanidine groups is 1. The van der Waals surface area contributed by atoms with Crippen molar-refractivity contribution in [2.45, 2.75) is 12.5 Å². The molecule has 1 unspecified atom stereocenters. The number of hydrogen-bond donors (Lipinski definition) is 4. The lowest BCUT2D eigenvalue weighted by molar-refractivity contribution is -0.151. The van der Waals surface area contributed by atoms with E-state index in [1.54, 1.807) is 18.2 Å². The summed E-state index contributed by atoms with van der Waals surface area (Å²) in [5.74, 6) is -1.72. The summed E-state index contributed by atoms with van der Waals surface area (Å²) < 4.78 is 9.59. The van der Waals surface area contributed by atoms with Gasteiger partial charge in [-0.1, -0.05) is 29.3 Å². The van der Waals surface area contributed by atoms with Crippen LogP contribution in [0.5, 0.6) is 0 Å². The van der Waals surface area contributed by atoms with Crippen LogP contribution in [0.3, 0.4) is 0 Å². The lowest BCUT2D eigenvalue weighted by Gasteiger charge is -2.13. The van der Waals surface area contributed by atoms with E-state index in [1.807, 2.05) is 0 Å². The molecule has 24 heavy (non-hydrogen) atoms. The first-order chi connectivity index (χ1) is 11.3. The van der Waals surface area contributed by atoms with Crippen LogP contribution in [-0.4, -0.2) is 48.9 Å². The maximum absolute atomic E-state index is 11.7. The summed E-state index contributed by atoms with van der Waals surface area (Å²) in [6.07, 6.45) is -1.33. The molecular weight excluding hydrogens is 361 g/mol. The Hall–Kier alpha value is -2.03. The summed E-state index contributed by atoms with van der Waals surface area (Å²) >= 11 is 11.9. The summed E-state index contributed by atoms with van der Waals surface area (Å²) in [6.45, 7) is -1.01. The van der Waals surface area contributed by atoms with E-state index in [1.165, 1.54) is 0 Å². The van der Waals surface area contributed by atoms with E-state index in [2.05, 4.69) is 5.32 Å². The van der Waals surface area contributed by atoms with Gasteiger partial charge in [-0.25, -0.2) is 0 Å². The van der Waals surface area contributed by atoms with Gasteiger partial charge in [-0.3, -0.25) is 15.0 Å². The SMILES string of the molecule is N=C(N)NCC(=O)OCC(O)COC(=O)Cc1c(Cl)cccc1Cl. The Morgan fingerprint density at radius 1 is 1.21 bits per heavy atom. The summed E-state index contributed by atoms with van der Waals surface area (Å²) in [7, 11) is 0. The quantitative estimate of drug-likeness (QED) is 0.293. The molecule has 5 N–H and O–H groups in total. The third kappa shape index (κ3) is 7.49. The van der Waals surface area contributed by atoms with Gasteiger partial charge in [0.05, 0.1) is 6.42 Å². The zero-order valence-corrected chi connectivity index (χ0v) is 14.1. The number of benzene rings is 1.